The number of nitrogens with one attached hydrogen (secondary N) is 1. The largest absolute Gasteiger partial charge is 0.389 e. The first-order valence-corrected chi connectivity index (χ1v) is 7.25. The third-order valence-electron chi connectivity index (χ3n) is 2.60. The zero-order valence-corrected chi connectivity index (χ0v) is 12.5. The van der Waals surface area contributed by atoms with Crippen LogP contribution in [0.1, 0.15) is 20.8 Å². The van der Waals surface area contributed by atoms with Gasteiger partial charge < -0.3 is 11.1 Å². The van der Waals surface area contributed by atoms with Gasteiger partial charge >= 0.3 is 0 Å². The van der Waals surface area contributed by atoms with Crippen molar-refractivity contribution in [3.63, 3.8) is 0 Å². The number of carbonyl (C=O) groups is 1. The third kappa shape index (κ3) is 3.33. The molecule has 1 heterocycles. The number of amides is 1. The van der Waals surface area contributed by atoms with E-state index in [-0.39, 0.29) is 17.4 Å². The highest BCUT2D eigenvalue weighted by atomic mass is 35.5. The lowest BCUT2D eigenvalue weighted by Gasteiger charge is -2.07. The number of hydrogen-bond acceptors (Lipinski definition) is 3. The topological polar surface area (TPSA) is 55.1 Å². The van der Waals surface area contributed by atoms with Gasteiger partial charge in [-0.1, -0.05) is 36.0 Å². The minimum atomic E-state index is -0.465. The Labute approximate surface area is 129 Å². The Morgan fingerprint density at radius 3 is 2.75 bits per heavy atom. The maximum Gasteiger partial charge on any atom is 0.263 e. The van der Waals surface area contributed by atoms with E-state index in [0.717, 1.165) is 0 Å². The SMILES string of the molecule is NC(=S)c1ccc(CNC(=O)c2sccc2Cl)c(F)c1. The number of nitrogens with two attached hydrogens (primary N) is 1. The van der Waals surface area contributed by atoms with Gasteiger partial charge in [0.2, 0.25) is 0 Å². The van der Waals surface area contributed by atoms with Crippen LogP contribution in [-0.4, -0.2) is 10.9 Å². The standard InChI is InChI=1S/C13H10ClFN2OS2/c14-9-3-4-20-11(9)13(18)17-6-8-2-1-7(12(16)19)5-10(8)15/h1-5H,6H2,(H2,16,19)(H,17,18). The van der Waals surface area contributed by atoms with Crippen LogP contribution in [0.15, 0.2) is 29.6 Å². The molecule has 7 heteroatoms. The maximum absolute atomic E-state index is 13.8. The minimum Gasteiger partial charge on any atom is -0.389 e. The molecule has 104 valence electrons. The van der Waals surface area contributed by atoms with Crippen molar-refractivity contribution in [2.45, 2.75) is 6.54 Å². The van der Waals surface area contributed by atoms with E-state index in [4.69, 9.17) is 29.6 Å². The van der Waals surface area contributed by atoms with Crippen LogP contribution in [0.4, 0.5) is 4.39 Å². The van der Waals surface area contributed by atoms with Crippen molar-refractivity contribution in [2.24, 2.45) is 5.73 Å². The molecule has 0 unspecified atom stereocenters. The molecule has 0 saturated heterocycles. The second kappa shape index (κ2) is 6.30. The second-order valence-corrected chi connectivity index (χ2v) is 5.71. The molecule has 0 spiro atoms. The number of thiophene rings is 1. The average Bonchev–Trinajstić information content (AvgIpc) is 2.83. The molecular weight excluding hydrogens is 319 g/mol. The first-order valence-electron chi connectivity index (χ1n) is 5.58. The van der Waals surface area contributed by atoms with Crippen molar-refractivity contribution in [1.29, 1.82) is 0 Å². The van der Waals surface area contributed by atoms with Crippen LogP contribution in [0.5, 0.6) is 0 Å². The summed E-state index contributed by atoms with van der Waals surface area (Å²) in [5.74, 6) is -0.796. The van der Waals surface area contributed by atoms with Crippen LogP contribution < -0.4 is 11.1 Å². The van der Waals surface area contributed by atoms with E-state index in [9.17, 15) is 9.18 Å². The van der Waals surface area contributed by atoms with E-state index in [1.165, 1.54) is 17.4 Å². The summed E-state index contributed by atoms with van der Waals surface area (Å²) in [5.41, 5.74) is 6.22. The van der Waals surface area contributed by atoms with Crippen molar-refractivity contribution >= 4 is 46.1 Å². The van der Waals surface area contributed by atoms with E-state index in [1.54, 1.807) is 23.6 Å². The van der Waals surface area contributed by atoms with Gasteiger partial charge in [0.25, 0.3) is 5.91 Å². The lowest BCUT2D eigenvalue weighted by atomic mass is 10.1. The summed E-state index contributed by atoms with van der Waals surface area (Å²) >= 11 is 11.9. The third-order valence-corrected chi connectivity index (χ3v) is 4.18. The molecule has 0 radical (unpaired) electrons. The van der Waals surface area contributed by atoms with Crippen molar-refractivity contribution in [2.75, 3.05) is 0 Å². The quantitative estimate of drug-likeness (QED) is 0.848. The molecule has 20 heavy (non-hydrogen) atoms. The highest BCUT2D eigenvalue weighted by molar-refractivity contribution is 7.80. The molecule has 0 fully saturated rings. The van der Waals surface area contributed by atoms with Gasteiger partial charge in [0.15, 0.2) is 0 Å². The summed E-state index contributed by atoms with van der Waals surface area (Å²) in [6.45, 7) is 0.0660. The molecule has 0 aliphatic carbocycles. The van der Waals surface area contributed by atoms with Gasteiger partial charge in [0.05, 0.1) is 5.02 Å². The zero-order chi connectivity index (χ0) is 14.7. The Hall–Kier alpha value is -1.50. The molecule has 1 aromatic heterocycles. The summed E-state index contributed by atoms with van der Waals surface area (Å²) in [6, 6.07) is 6.05. The predicted octanol–water partition coefficient (Wildman–Crippen LogP) is 3.10. The van der Waals surface area contributed by atoms with Crippen LogP contribution >= 0.6 is 35.2 Å². The highest BCUT2D eigenvalue weighted by Gasteiger charge is 2.12. The van der Waals surface area contributed by atoms with Gasteiger partial charge in [-0.2, -0.15) is 0 Å². The van der Waals surface area contributed by atoms with Crippen molar-refractivity contribution in [1.82, 2.24) is 5.32 Å². The summed E-state index contributed by atoms with van der Waals surface area (Å²) < 4.78 is 13.8. The monoisotopic (exact) mass is 328 g/mol. The highest BCUT2D eigenvalue weighted by Crippen LogP contribution is 2.21. The second-order valence-electron chi connectivity index (χ2n) is 3.95. The molecule has 1 amide bonds. The summed E-state index contributed by atoms with van der Waals surface area (Å²) in [5, 5.41) is 4.72. The van der Waals surface area contributed by atoms with E-state index in [0.29, 0.717) is 21.0 Å². The van der Waals surface area contributed by atoms with Crippen LogP contribution in [0.3, 0.4) is 0 Å². The Morgan fingerprint density at radius 1 is 1.45 bits per heavy atom. The molecule has 0 aliphatic rings. The molecule has 0 bridgehead atoms. The first-order chi connectivity index (χ1) is 9.49. The van der Waals surface area contributed by atoms with Gasteiger partial charge in [-0.15, -0.1) is 11.3 Å². The van der Waals surface area contributed by atoms with Crippen molar-refractivity contribution in [3.8, 4) is 0 Å². The van der Waals surface area contributed by atoms with Gasteiger partial charge in [-0.05, 0) is 17.5 Å². The van der Waals surface area contributed by atoms with Gasteiger partial charge in [0, 0.05) is 17.7 Å². The Bertz CT molecular complexity index is 672. The molecule has 0 aliphatic heterocycles. The number of hydrogen-bond donors (Lipinski definition) is 2. The van der Waals surface area contributed by atoms with E-state index in [2.05, 4.69) is 5.32 Å². The summed E-state index contributed by atoms with van der Waals surface area (Å²) in [6.07, 6.45) is 0. The average molecular weight is 329 g/mol. The lowest BCUT2D eigenvalue weighted by Crippen LogP contribution is -2.23. The maximum atomic E-state index is 13.8. The van der Waals surface area contributed by atoms with Gasteiger partial charge in [0.1, 0.15) is 15.7 Å². The van der Waals surface area contributed by atoms with E-state index < -0.39 is 5.82 Å². The van der Waals surface area contributed by atoms with Crippen molar-refractivity contribution in [3.05, 3.63) is 56.5 Å². The van der Waals surface area contributed by atoms with Crippen LogP contribution in [-0.2, 0) is 6.54 Å². The summed E-state index contributed by atoms with van der Waals surface area (Å²) in [7, 11) is 0. The fraction of sp³-hybridized carbons (Fsp3) is 0.0769. The molecule has 0 saturated carbocycles. The fourth-order valence-corrected chi connectivity index (χ4v) is 2.74. The van der Waals surface area contributed by atoms with Crippen LogP contribution in [0.2, 0.25) is 5.02 Å². The number of carbonyl (C=O) groups excluding carboxylic acids is 1. The van der Waals surface area contributed by atoms with E-state index in [1.807, 2.05) is 0 Å². The number of rotatable bonds is 4. The Balaban J connectivity index is 2.06. The fourth-order valence-electron chi connectivity index (χ4n) is 1.56. The normalized spacial score (nSPS) is 10.3. The summed E-state index contributed by atoms with van der Waals surface area (Å²) in [4.78, 5) is 12.4. The minimum absolute atomic E-state index is 0.0660. The van der Waals surface area contributed by atoms with Crippen molar-refractivity contribution < 1.29 is 9.18 Å². The van der Waals surface area contributed by atoms with Crippen LogP contribution in [0, 0.1) is 5.82 Å². The first kappa shape index (κ1) is 14.9. The number of halogens is 2. The van der Waals surface area contributed by atoms with Gasteiger partial charge in [-0.25, -0.2) is 4.39 Å². The smallest absolute Gasteiger partial charge is 0.263 e. The molecule has 1 aromatic carbocycles. The van der Waals surface area contributed by atoms with Crippen LogP contribution in [0.25, 0.3) is 0 Å². The lowest BCUT2D eigenvalue weighted by molar-refractivity contribution is 0.0955. The number of thiocarbonyl (C=S) groups is 1. The Kier molecular flexibility index (Phi) is 4.69. The van der Waals surface area contributed by atoms with E-state index >= 15 is 0 Å². The molecule has 3 N–H and O–H groups in total. The zero-order valence-electron chi connectivity index (χ0n) is 10.2. The number of benzene rings is 1. The molecule has 2 aromatic rings. The predicted molar refractivity (Wildman–Crippen MR) is 82.8 cm³/mol. The molecule has 0 atom stereocenters. The van der Waals surface area contributed by atoms with Gasteiger partial charge in [-0.3, -0.25) is 4.79 Å². The molecular formula is C13H10ClFN2OS2. The molecule has 3 nitrogen and oxygen atoms in total. The molecule has 2 rings (SSSR count). The Morgan fingerprint density at radius 2 is 2.20 bits per heavy atom.